The summed E-state index contributed by atoms with van der Waals surface area (Å²) in [5.74, 6) is 0.448. The van der Waals surface area contributed by atoms with Gasteiger partial charge in [-0.1, -0.05) is 15.9 Å². The largest absolute Gasteiger partial charge is 0.495 e. The van der Waals surface area contributed by atoms with Crippen LogP contribution in [0.15, 0.2) is 53.1 Å². The molecule has 0 atom stereocenters. The van der Waals surface area contributed by atoms with Crippen LogP contribution in [0.5, 0.6) is 5.75 Å². The number of carbonyl (C=O) groups is 1. The Bertz CT molecular complexity index is 811. The van der Waals surface area contributed by atoms with Crippen molar-refractivity contribution in [3.05, 3.63) is 58.7 Å². The molecule has 0 aliphatic carbocycles. The van der Waals surface area contributed by atoms with Gasteiger partial charge >= 0.3 is 0 Å². The lowest BCUT2D eigenvalue weighted by atomic mass is 10.1. The molecule has 0 aliphatic rings. The number of H-pyrrole nitrogens is 1. The van der Waals surface area contributed by atoms with Crippen LogP contribution in [0.1, 0.15) is 10.4 Å². The molecule has 2 aromatic carbocycles. The number of carbonyl (C=O) groups excluding carboxylic acids is 1. The molecule has 21 heavy (non-hydrogen) atoms. The summed E-state index contributed by atoms with van der Waals surface area (Å²) in [5, 5.41) is 3.87. The number of halogens is 1. The number of fused-ring (bicyclic) bond motifs is 1. The van der Waals surface area contributed by atoms with E-state index < -0.39 is 0 Å². The molecule has 3 aromatic rings. The Morgan fingerprint density at radius 2 is 2.05 bits per heavy atom. The second-order valence-corrected chi connectivity index (χ2v) is 5.49. The summed E-state index contributed by atoms with van der Waals surface area (Å²) < 4.78 is 6.13. The molecular weight excluding hydrogens is 332 g/mol. The van der Waals surface area contributed by atoms with Crippen molar-refractivity contribution in [3.8, 4) is 5.75 Å². The number of nitrogens with one attached hydrogen (secondary N) is 2. The molecule has 0 fully saturated rings. The molecule has 0 aliphatic heterocycles. The first-order valence-electron chi connectivity index (χ1n) is 6.39. The monoisotopic (exact) mass is 344 g/mol. The van der Waals surface area contributed by atoms with E-state index in [1.54, 1.807) is 19.2 Å². The van der Waals surface area contributed by atoms with E-state index in [0.717, 1.165) is 15.4 Å². The van der Waals surface area contributed by atoms with Crippen molar-refractivity contribution in [2.45, 2.75) is 0 Å². The predicted octanol–water partition coefficient (Wildman–Crippen LogP) is 4.19. The summed E-state index contributed by atoms with van der Waals surface area (Å²) in [5.41, 5.74) is 2.24. The molecule has 3 rings (SSSR count). The first-order chi connectivity index (χ1) is 10.2. The van der Waals surface area contributed by atoms with Crippen LogP contribution in [0, 0.1) is 0 Å². The van der Waals surface area contributed by atoms with Gasteiger partial charge in [0.2, 0.25) is 0 Å². The number of amides is 1. The average molecular weight is 345 g/mol. The van der Waals surface area contributed by atoms with Crippen molar-refractivity contribution in [2.24, 2.45) is 0 Å². The lowest BCUT2D eigenvalue weighted by molar-refractivity contribution is 0.102. The van der Waals surface area contributed by atoms with Crippen LogP contribution in [0.2, 0.25) is 0 Å². The lowest BCUT2D eigenvalue weighted by Crippen LogP contribution is -2.12. The van der Waals surface area contributed by atoms with Crippen LogP contribution < -0.4 is 10.1 Å². The fraction of sp³-hybridized carbons (Fsp3) is 0.0625. The molecule has 5 heteroatoms. The zero-order valence-corrected chi connectivity index (χ0v) is 12.9. The molecule has 0 saturated heterocycles. The minimum Gasteiger partial charge on any atom is -0.495 e. The van der Waals surface area contributed by atoms with Crippen LogP contribution in [0.25, 0.3) is 10.9 Å². The molecule has 0 spiro atoms. The van der Waals surface area contributed by atoms with Crippen molar-refractivity contribution in [1.82, 2.24) is 4.98 Å². The number of anilines is 1. The average Bonchev–Trinajstić information content (AvgIpc) is 2.94. The second-order valence-electron chi connectivity index (χ2n) is 4.58. The van der Waals surface area contributed by atoms with Gasteiger partial charge < -0.3 is 15.0 Å². The molecular formula is C16H13BrN2O2. The third-order valence-electron chi connectivity index (χ3n) is 3.23. The molecule has 0 saturated carbocycles. The number of benzene rings is 2. The van der Waals surface area contributed by atoms with Gasteiger partial charge in [0.05, 0.1) is 12.8 Å². The fourth-order valence-electron chi connectivity index (χ4n) is 2.17. The third kappa shape index (κ3) is 2.78. The maximum absolute atomic E-state index is 12.4. The van der Waals surface area contributed by atoms with E-state index in [9.17, 15) is 4.79 Å². The van der Waals surface area contributed by atoms with Crippen molar-refractivity contribution >= 4 is 38.4 Å². The zero-order valence-electron chi connectivity index (χ0n) is 11.3. The highest BCUT2D eigenvalue weighted by atomic mass is 79.9. The smallest absolute Gasteiger partial charge is 0.255 e. The number of aromatic nitrogens is 1. The third-order valence-corrected chi connectivity index (χ3v) is 3.72. The second kappa shape index (κ2) is 5.61. The summed E-state index contributed by atoms with van der Waals surface area (Å²) in [4.78, 5) is 15.5. The highest BCUT2D eigenvalue weighted by Crippen LogP contribution is 2.28. The number of aromatic amines is 1. The van der Waals surface area contributed by atoms with Gasteiger partial charge in [0, 0.05) is 27.1 Å². The Kier molecular flexibility index (Phi) is 3.66. The van der Waals surface area contributed by atoms with Crippen molar-refractivity contribution < 1.29 is 9.53 Å². The molecule has 106 valence electrons. The van der Waals surface area contributed by atoms with Crippen LogP contribution in [-0.4, -0.2) is 18.0 Å². The molecule has 0 unspecified atom stereocenters. The molecule has 2 N–H and O–H groups in total. The predicted molar refractivity (Wildman–Crippen MR) is 86.9 cm³/mol. The number of rotatable bonds is 3. The molecule has 0 bridgehead atoms. The number of methoxy groups -OCH3 is 1. The van der Waals surface area contributed by atoms with E-state index in [4.69, 9.17) is 4.74 Å². The molecule has 1 amide bonds. The molecule has 1 aromatic heterocycles. The van der Waals surface area contributed by atoms with Gasteiger partial charge in [0.25, 0.3) is 5.91 Å². The molecule has 4 nitrogen and oxygen atoms in total. The van der Waals surface area contributed by atoms with Crippen molar-refractivity contribution in [1.29, 1.82) is 0 Å². The molecule has 1 heterocycles. The Morgan fingerprint density at radius 3 is 2.86 bits per heavy atom. The number of ether oxygens (including phenoxy) is 1. The van der Waals surface area contributed by atoms with Gasteiger partial charge in [-0.25, -0.2) is 0 Å². The Labute approximate surface area is 130 Å². The summed E-state index contributed by atoms with van der Waals surface area (Å²) in [6.45, 7) is 0. The summed E-state index contributed by atoms with van der Waals surface area (Å²) in [6.07, 6.45) is 1.85. The van der Waals surface area contributed by atoms with Crippen LogP contribution >= 0.6 is 15.9 Å². The SMILES string of the molecule is COc1ccc(Br)cc1NC(=O)c1ccc2[nH]ccc2c1. The highest BCUT2D eigenvalue weighted by molar-refractivity contribution is 9.10. The first kappa shape index (κ1) is 13.7. The maximum atomic E-state index is 12.4. The normalized spacial score (nSPS) is 10.6. The summed E-state index contributed by atoms with van der Waals surface area (Å²) in [7, 11) is 1.57. The van der Waals surface area contributed by atoms with E-state index in [1.807, 2.05) is 36.5 Å². The lowest BCUT2D eigenvalue weighted by Gasteiger charge is -2.10. The summed E-state index contributed by atoms with van der Waals surface area (Å²) in [6, 6.07) is 12.9. The Morgan fingerprint density at radius 1 is 1.19 bits per heavy atom. The number of hydrogen-bond acceptors (Lipinski definition) is 2. The minimum atomic E-state index is -0.172. The standard InChI is InChI=1S/C16H13BrN2O2/c1-21-15-5-3-12(17)9-14(15)19-16(20)11-2-4-13-10(8-11)6-7-18-13/h2-9,18H,1H3,(H,19,20). The quantitative estimate of drug-likeness (QED) is 0.748. The van der Waals surface area contributed by atoms with E-state index >= 15 is 0 Å². The first-order valence-corrected chi connectivity index (χ1v) is 7.19. The highest BCUT2D eigenvalue weighted by Gasteiger charge is 2.11. The van der Waals surface area contributed by atoms with Crippen LogP contribution in [0.3, 0.4) is 0 Å². The fourth-order valence-corrected chi connectivity index (χ4v) is 2.53. The van der Waals surface area contributed by atoms with Gasteiger partial charge in [-0.15, -0.1) is 0 Å². The summed E-state index contributed by atoms with van der Waals surface area (Å²) >= 11 is 3.39. The van der Waals surface area contributed by atoms with E-state index in [1.165, 1.54) is 0 Å². The van der Waals surface area contributed by atoms with Gasteiger partial charge in [0.15, 0.2) is 0 Å². The maximum Gasteiger partial charge on any atom is 0.255 e. The van der Waals surface area contributed by atoms with Gasteiger partial charge in [-0.3, -0.25) is 4.79 Å². The van der Waals surface area contributed by atoms with Crippen molar-refractivity contribution in [3.63, 3.8) is 0 Å². The van der Waals surface area contributed by atoms with E-state index in [2.05, 4.69) is 26.2 Å². The van der Waals surface area contributed by atoms with Crippen LogP contribution in [0.4, 0.5) is 5.69 Å². The van der Waals surface area contributed by atoms with Gasteiger partial charge in [0.1, 0.15) is 5.75 Å². The Hall–Kier alpha value is -2.27. The van der Waals surface area contributed by atoms with E-state index in [0.29, 0.717) is 17.0 Å². The minimum absolute atomic E-state index is 0.172. The van der Waals surface area contributed by atoms with Crippen LogP contribution in [-0.2, 0) is 0 Å². The van der Waals surface area contributed by atoms with E-state index in [-0.39, 0.29) is 5.91 Å². The number of hydrogen-bond donors (Lipinski definition) is 2. The topological polar surface area (TPSA) is 54.1 Å². The zero-order chi connectivity index (χ0) is 14.8. The molecule has 0 radical (unpaired) electrons. The Balaban J connectivity index is 1.90. The van der Waals surface area contributed by atoms with Gasteiger partial charge in [-0.05, 0) is 42.5 Å². The van der Waals surface area contributed by atoms with Crippen molar-refractivity contribution in [2.75, 3.05) is 12.4 Å². The van der Waals surface area contributed by atoms with Gasteiger partial charge in [-0.2, -0.15) is 0 Å².